The minimum absolute atomic E-state index is 0.823. The van der Waals surface area contributed by atoms with Gasteiger partial charge in [-0.15, -0.1) is 0 Å². The Labute approximate surface area is 83.7 Å². The summed E-state index contributed by atoms with van der Waals surface area (Å²) in [5.74, 6) is 0.823. The van der Waals surface area contributed by atoms with Gasteiger partial charge in [-0.2, -0.15) is 0 Å². The number of nitrogens with zero attached hydrogens (tertiary/aromatic N) is 1. The van der Waals surface area contributed by atoms with Crippen LogP contribution in [0.3, 0.4) is 0 Å². The van der Waals surface area contributed by atoms with Gasteiger partial charge in [0.2, 0.25) is 0 Å². The van der Waals surface area contributed by atoms with Gasteiger partial charge in [0.15, 0.2) is 0 Å². The second-order valence-electron chi connectivity index (χ2n) is 3.93. The lowest BCUT2D eigenvalue weighted by Crippen LogP contribution is -2.43. The van der Waals surface area contributed by atoms with E-state index in [1.54, 1.807) is 0 Å². The normalized spacial score (nSPS) is 34.6. The van der Waals surface area contributed by atoms with Crippen molar-refractivity contribution in [2.75, 3.05) is 13.6 Å². The largest absolute Gasteiger partial charge is 0.302 e. The quantitative estimate of drug-likeness (QED) is 0.521. The number of hydrogen-bond acceptors (Lipinski definition) is 1. The van der Waals surface area contributed by atoms with E-state index in [0.717, 1.165) is 15.9 Å². The Morgan fingerprint density at radius 3 is 2.45 bits per heavy atom. The van der Waals surface area contributed by atoms with E-state index in [1.165, 1.54) is 19.4 Å². The van der Waals surface area contributed by atoms with E-state index in [2.05, 4.69) is 48.4 Å². The van der Waals surface area contributed by atoms with Crippen LogP contribution in [0.1, 0.15) is 26.7 Å². The first-order valence-electron chi connectivity index (χ1n) is 4.45. The zero-order chi connectivity index (χ0) is 8.43. The minimum Gasteiger partial charge on any atom is -0.302 e. The van der Waals surface area contributed by atoms with Crippen molar-refractivity contribution in [3.8, 4) is 0 Å². The van der Waals surface area contributed by atoms with Crippen molar-refractivity contribution in [1.82, 2.24) is 4.90 Å². The minimum atomic E-state index is 0.823. The molecule has 1 fully saturated rings. The molecule has 2 heteroatoms. The molecule has 0 radical (unpaired) electrons. The van der Waals surface area contributed by atoms with Crippen molar-refractivity contribution in [3.63, 3.8) is 0 Å². The zero-order valence-corrected chi connectivity index (χ0v) is 9.84. The zero-order valence-electron chi connectivity index (χ0n) is 7.68. The van der Waals surface area contributed by atoms with Crippen LogP contribution in [0.25, 0.3) is 0 Å². The first-order valence-corrected chi connectivity index (χ1v) is 5.70. The van der Waals surface area contributed by atoms with Crippen LogP contribution < -0.4 is 0 Å². The predicted octanol–water partition coefficient (Wildman–Crippen LogP) is 2.54. The molecule has 11 heavy (non-hydrogen) atoms. The molecule has 0 saturated carbocycles. The Kier molecular flexibility index (Phi) is 3.62. The lowest BCUT2D eigenvalue weighted by Gasteiger charge is -2.37. The van der Waals surface area contributed by atoms with Crippen LogP contribution in [0.15, 0.2) is 0 Å². The molecule has 0 aromatic heterocycles. The number of rotatable bonds is 1. The highest BCUT2D eigenvalue weighted by Crippen LogP contribution is 2.25. The summed E-state index contributed by atoms with van der Waals surface area (Å²) in [4.78, 5) is 2.52. The van der Waals surface area contributed by atoms with Crippen molar-refractivity contribution >= 4 is 22.6 Å². The van der Waals surface area contributed by atoms with Crippen LogP contribution in [-0.2, 0) is 0 Å². The van der Waals surface area contributed by atoms with Gasteiger partial charge in [0.25, 0.3) is 0 Å². The van der Waals surface area contributed by atoms with Gasteiger partial charge in [0.1, 0.15) is 0 Å². The number of likely N-dealkylation sites (tertiary alicyclic amines) is 1. The summed E-state index contributed by atoms with van der Waals surface area (Å²) in [6.07, 6.45) is 2.80. The fourth-order valence-corrected chi connectivity index (χ4v) is 2.93. The van der Waals surface area contributed by atoms with Gasteiger partial charge in [0, 0.05) is 16.5 Å². The monoisotopic (exact) mass is 267 g/mol. The van der Waals surface area contributed by atoms with Crippen molar-refractivity contribution < 1.29 is 0 Å². The molecule has 2 atom stereocenters. The lowest BCUT2D eigenvalue weighted by molar-refractivity contribution is 0.151. The molecule has 1 heterocycles. The van der Waals surface area contributed by atoms with Crippen LogP contribution in [0.4, 0.5) is 0 Å². The highest BCUT2D eigenvalue weighted by Gasteiger charge is 2.25. The van der Waals surface area contributed by atoms with Crippen molar-refractivity contribution in [1.29, 1.82) is 0 Å². The van der Waals surface area contributed by atoms with Crippen LogP contribution in [0.2, 0.25) is 0 Å². The second-order valence-corrected chi connectivity index (χ2v) is 5.69. The summed E-state index contributed by atoms with van der Waals surface area (Å²) in [6.45, 7) is 5.94. The van der Waals surface area contributed by atoms with E-state index in [0.29, 0.717) is 0 Å². The Morgan fingerprint density at radius 2 is 2.00 bits per heavy atom. The maximum absolute atomic E-state index is 2.56. The molecule has 1 rings (SSSR count). The molecule has 0 aromatic carbocycles. The predicted molar refractivity (Wildman–Crippen MR) is 58.3 cm³/mol. The topological polar surface area (TPSA) is 3.24 Å². The summed E-state index contributed by atoms with van der Waals surface area (Å²) in [7, 11) is 2.26. The lowest BCUT2D eigenvalue weighted by atomic mass is 9.93. The summed E-state index contributed by atoms with van der Waals surface area (Å²) < 4.78 is 0.882. The Morgan fingerprint density at radius 1 is 1.36 bits per heavy atom. The molecule has 2 unspecified atom stereocenters. The Balaban J connectivity index is 2.44. The van der Waals surface area contributed by atoms with E-state index in [9.17, 15) is 0 Å². The van der Waals surface area contributed by atoms with Gasteiger partial charge in [-0.05, 0) is 25.8 Å². The maximum atomic E-state index is 2.56. The molecule has 0 bridgehead atoms. The average Bonchev–Trinajstić information content (AvgIpc) is 1.85. The molecular weight excluding hydrogens is 249 g/mol. The summed E-state index contributed by atoms with van der Waals surface area (Å²) in [6, 6.07) is 0.834. The first kappa shape index (κ1) is 9.78. The van der Waals surface area contributed by atoms with E-state index in [1.807, 2.05) is 0 Å². The van der Waals surface area contributed by atoms with Crippen molar-refractivity contribution in [2.24, 2.45) is 5.92 Å². The van der Waals surface area contributed by atoms with Gasteiger partial charge in [-0.25, -0.2) is 0 Å². The molecule has 1 aliphatic rings. The van der Waals surface area contributed by atoms with E-state index < -0.39 is 0 Å². The molecular formula is C9H18IN. The van der Waals surface area contributed by atoms with Gasteiger partial charge in [-0.1, -0.05) is 36.4 Å². The molecule has 1 saturated heterocycles. The smallest absolute Gasteiger partial charge is 0.0238 e. The Bertz CT molecular complexity index is 125. The molecule has 0 aromatic rings. The highest BCUT2D eigenvalue weighted by molar-refractivity contribution is 14.1. The third kappa shape index (κ3) is 2.58. The molecule has 1 aliphatic heterocycles. The fraction of sp³-hybridized carbons (Fsp3) is 1.00. The highest BCUT2D eigenvalue weighted by atomic mass is 127. The van der Waals surface area contributed by atoms with Crippen LogP contribution in [-0.4, -0.2) is 28.5 Å². The van der Waals surface area contributed by atoms with E-state index in [-0.39, 0.29) is 0 Å². The molecule has 1 nitrogen and oxygen atoms in total. The fourth-order valence-electron chi connectivity index (χ4n) is 1.95. The third-order valence-corrected chi connectivity index (χ3v) is 3.61. The molecule has 0 amide bonds. The summed E-state index contributed by atoms with van der Waals surface area (Å²) in [5.41, 5.74) is 0. The summed E-state index contributed by atoms with van der Waals surface area (Å²) >= 11 is 2.56. The van der Waals surface area contributed by atoms with Crippen LogP contribution >= 0.6 is 22.6 Å². The van der Waals surface area contributed by atoms with Gasteiger partial charge in [0.05, 0.1) is 0 Å². The molecule has 66 valence electrons. The SMILES string of the molecule is CC(C)C1CCC(I)CN1C. The number of hydrogen-bond donors (Lipinski definition) is 0. The van der Waals surface area contributed by atoms with E-state index >= 15 is 0 Å². The first-order chi connectivity index (χ1) is 5.11. The van der Waals surface area contributed by atoms with Crippen molar-refractivity contribution in [3.05, 3.63) is 0 Å². The Hall–Kier alpha value is 0.690. The van der Waals surface area contributed by atoms with Crippen LogP contribution in [0.5, 0.6) is 0 Å². The number of piperidine rings is 1. The van der Waals surface area contributed by atoms with Gasteiger partial charge < -0.3 is 4.90 Å². The summed E-state index contributed by atoms with van der Waals surface area (Å²) in [5, 5.41) is 0. The van der Waals surface area contributed by atoms with Crippen molar-refractivity contribution in [2.45, 2.75) is 36.7 Å². The second kappa shape index (κ2) is 4.08. The molecule has 0 aliphatic carbocycles. The standard InChI is InChI=1S/C9H18IN/c1-7(2)9-5-4-8(10)6-11(9)3/h7-9H,4-6H2,1-3H3. The van der Waals surface area contributed by atoms with Gasteiger partial charge >= 0.3 is 0 Å². The maximum Gasteiger partial charge on any atom is 0.0238 e. The molecule has 0 spiro atoms. The average molecular weight is 267 g/mol. The van der Waals surface area contributed by atoms with E-state index in [4.69, 9.17) is 0 Å². The van der Waals surface area contributed by atoms with Crippen LogP contribution in [0, 0.1) is 5.92 Å². The third-order valence-electron chi connectivity index (χ3n) is 2.60. The molecule has 0 N–H and O–H groups in total. The van der Waals surface area contributed by atoms with Gasteiger partial charge in [-0.3, -0.25) is 0 Å². The number of alkyl halides is 1. The number of halogens is 1.